The van der Waals surface area contributed by atoms with Gasteiger partial charge >= 0.3 is 0 Å². The van der Waals surface area contributed by atoms with E-state index in [-0.39, 0.29) is 11.4 Å². The van der Waals surface area contributed by atoms with Crippen LogP contribution in [0.25, 0.3) is 0 Å². The molecule has 0 aliphatic rings. The Kier molecular flexibility index (Phi) is 7.18. The summed E-state index contributed by atoms with van der Waals surface area (Å²) in [5.41, 5.74) is 1.37. The summed E-state index contributed by atoms with van der Waals surface area (Å²) < 4.78 is 2.54. The maximum Gasteiger partial charge on any atom is 0.297 e. The van der Waals surface area contributed by atoms with Crippen molar-refractivity contribution in [2.45, 2.75) is 17.5 Å². The molecule has 2 aromatic carbocycles. The van der Waals surface area contributed by atoms with Gasteiger partial charge in [0.1, 0.15) is 0 Å². The number of nitrogens with one attached hydrogen (secondary N) is 1. The Morgan fingerprint density at radius 1 is 1.14 bits per heavy atom. The van der Waals surface area contributed by atoms with E-state index in [1.54, 1.807) is 24.3 Å². The molecule has 9 heteroatoms. The molecule has 3 aromatic rings. The second kappa shape index (κ2) is 9.60. The number of halogens is 3. The number of hydrogen-bond acceptors (Lipinski definition) is 5. The molecule has 0 saturated carbocycles. The molecule has 0 saturated heterocycles. The normalized spacial score (nSPS) is 10.7. The van der Waals surface area contributed by atoms with E-state index in [4.69, 9.17) is 23.2 Å². The van der Waals surface area contributed by atoms with Crippen molar-refractivity contribution in [3.05, 3.63) is 85.6 Å². The van der Waals surface area contributed by atoms with E-state index in [1.807, 2.05) is 24.3 Å². The fraction of sp³-hybridized carbons (Fsp3) is 0.105. The van der Waals surface area contributed by atoms with Gasteiger partial charge in [-0.2, -0.15) is 0 Å². The fourth-order valence-electron chi connectivity index (χ4n) is 2.37. The number of benzene rings is 2. The van der Waals surface area contributed by atoms with Gasteiger partial charge in [-0.1, -0.05) is 69.1 Å². The van der Waals surface area contributed by atoms with Crippen molar-refractivity contribution in [1.82, 2.24) is 14.8 Å². The molecule has 144 valence electrons. The van der Waals surface area contributed by atoms with Crippen LogP contribution in [-0.2, 0) is 12.3 Å². The van der Waals surface area contributed by atoms with Crippen LogP contribution in [0.4, 0.5) is 11.5 Å². The summed E-state index contributed by atoms with van der Waals surface area (Å²) in [6.45, 7) is 4.05. The molecular weight excluding hydrogens is 483 g/mol. The van der Waals surface area contributed by atoms with E-state index < -0.39 is 0 Å². The Morgan fingerprint density at radius 3 is 2.46 bits per heavy atom. The van der Waals surface area contributed by atoms with Crippen LogP contribution in [0.3, 0.4) is 0 Å². The maximum atomic E-state index is 12.9. The molecule has 0 aliphatic carbocycles. The molecular formula is C19H15BrCl2N4OS. The van der Waals surface area contributed by atoms with E-state index in [0.717, 1.165) is 10.0 Å². The van der Waals surface area contributed by atoms with Gasteiger partial charge in [0.25, 0.3) is 5.56 Å². The van der Waals surface area contributed by atoms with Gasteiger partial charge in [0, 0.05) is 32.5 Å². The van der Waals surface area contributed by atoms with Crippen LogP contribution in [0.2, 0.25) is 10.0 Å². The first-order valence-corrected chi connectivity index (χ1v) is 10.7. The Bertz CT molecular complexity index is 1040. The van der Waals surface area contributed by atoms with Crippen molar-refractivity contribution < 1.29 is 0 Å². The summed E-state index contributed by atoms with van der Waals surface area (Å²) in [7, 11) is 0. The molecule has 0 fully saturated rings. The van der Waals surface area contributed by atoms with Gasteiger partial charge in [0.05, 0.1) is 0 Å². The van der Waals surface area contributed by atoms with Crippen LogP contribution in [0.5, 0.6) is 0 Å². The third kappa shape index (κ3) is 5.38. The maximum absolute atomic E-state index is 12.9. The zero-order valence-corrected chi connectivity index (χ0v) is 18.4. The van der Waals surface area contributed by atoms with Crippen LogP contribution in [0, 0.1) is 0 Å². The van der Waals surface area contributed by atoms with E-state index in [1.165, 1.54) is 16.3 Å². The SMILES string of the molecule is C=CCn1c(SCc2ccc(Br)cc2)nnc(Nc2cc(Cl)cc(Cl)c2)c1=O. The average Bonchev–Trinajstić information content (AvgIpc) is 2.65. The van der Waals surface area contributed by atoms with Crippen LogP contribution in [0.15, 0.2) is 69.5 Å². The van der Waals surface area contributed by atoms with Gasteiger partial charge in [0.2, 0.25) is 5.82 Å². The first-order chi connectivity index (χ1) is 13.5. The number of rotatable bonds is 7. The van der Waals surface area contributed by atoms with Crippen LogP contribution < -0.4 is 10.9 Å². The Labute approximate surface area is 184 Å². The summed E-state index contributed by atoms with van der Waals surface area (Å²) >= 11 is 16.9. The summed E-state index contributed by atoms with van der Waals surface area (Å²) in [4.78, 5) is 12.9. The zero-order valence-electron chi connectivity index (χ0n) is 14.5. The van der Waals surface area contributed by atoms with Crippen LogP contribution in [0.1, 0.15) is 5.56 Å². The highest BCUT2D eigenvalue weighted by atomic mass is 79.9. The lowest BCUT2D eigenvalue weighted by Gasteiger charge is -2.12. The highest BCUT2D eigenvalue weighted by Gasteiger charge is 2.13. The summed E-state index contributed by atoms with van der Waals surface area (Å²) in [6, 6.07) is 12.9. The first-order valence-electron chi connectivity index (χ1n) is 8.15. The van der Waals surface area contributed by atoms with Gasteiger partial charge in [-0.3, -0.25) is 9.36 Å². The molecule has 1 heterocycles. The monoisotopic (exact) mass is 496 g/mol. The quantitative estimate of drug-likeness (QED) is 0.323. The first kappa shape index (κ1) is 20.9. The van der Waals surface area contributed by atoms with E-state index >= 15 is 0 Å². The largest absolute Gasteiger partial charge is 0.334 e. The third-order valence-corrected chi connectivity index (χ3v) is 5.64. The second-order valence-corrected chi connectivity index (χ2v) is 8.46. The number of allylic oxidation sites excluding steroid dienone is 1. The molecule has 0 unspecified atom stereocenters. The minimum Gasteiger partial charge on any atom is -0.334 e. The van der Waals surface area contributed by atoms with Crippen LogP contribution >= 0.6 is 50.9 Å². The molecule has 0 bridgehead atoms. The van der Waals surface area contributed by atoms with Crippen molar-refractivity contribution in [2.75, 3.05) is 5.32 Å². The number of thioether (sulfide) groups is 1. The predicted molar refractivity (Wildman–Crippen MR) is 120 cm³/mol. The summed E-state index contributed by atoms with van der Waals surface area (Å²) in [6.07, 6.45) is 1.65. The number of nitrogens with zero attached hydrogens (tertiary/aromatic N) is 3. The molecule has 1 N–H and O–H groups in total. The van der Waals surface area contributed by atoms with Crippen molar-refractivity contribution in [1.29, 1.82) is 0 Å². The predicted octanol–water partition coefficient (Wildman–Crippen LogP) is 5.93. The Balaban J connectivity index is 1.86. The van der Waals surface area contributed by atoms with Gasteiger partial charge in [-0.25, -0.2) is 0 Å². The summed E-state index contributed by atoms with van der Waals surface area (Å²) in [5.74, 6) is 0.753. The standard InChI is InChI=1S/C19H15BrCl2N4OS/c1-2-7-26-18(27)17(23-16-9-14(21)8-15(22)10-16)24-25-19(26)28-11-12-3-5-13(20)6-4-12/h2-6,8-10H,1,7,11H2,(H,23,24). The molecule has 0 atom stereocenters. The molecule has 1 aromatic heterocycles. The molecule has 0 amide bonds. The van der Waals surface area contributed by atoms with Crippen molar-refractivity contribution in [2.24, 2.45) is 0 Å². The van der Waals surface area contributed by atoms with Crippen LogP contribution in [-0.4, -0.2) is 14.8 Å². The summed E-state index contributed by atoms with van der Waals surface area (Å²) in [5, 5.41) is 12.6. The molecule has 0 spiro atoms. The van der Waals surface area contributed by atoms with E-state index in [9.17, 15) is 4.79 Å². The number of anilines is 2. The lowest BCUT2D eigenvalue weighted by Crippen LogP contribution is -2.26. The number of aromatic nitrogens is 3. The molecule has 5 nitrogen and oxygen atoms in total. The van der Waals surface area contributed by atoms with Gasteiger partial charge in [-0.05, 0) is 35.9 Å². The smallest absolute Gasteiger partial charge is 0.297 e. The zero-order chi connectivity index (χ0) is 20.1. The van der Waals surface area contributed by atoms with Crippen molar-refractivity contribution in [3.8, 4) is 0 Å². The molecule has 0 radical (unpaired) electrons. The topological polar surface area (TPSA) is 59.8 Å². The highest BCUT2D eigenvalue weighted by molar-refractivity contribution is 9.10. The van der Waals surface area contributed by atoms with E-state index in [0.29, 0.717) is 33.2 Å². The van der Waals surface area contributed by atoms with E-state index in [2.05, 4.69) is 38.0 Å². The Hall–Kier alpha value is -1.80. The molecule has 3 rings (SSSR count). The molecule has 28 heavy (non-hydrogen) atoms. The second-order valence-electron chi connectivity index (χ2n) is 5.73. The highest BCUT2D eigenvalue weighted by Crippen LogP contribution is 2.25. The Morgan fingerprint density at radius 2 is 1.82 bits per heavy atom. The third-order valence-electron chi connectivity index (χ3n) is 3.63. The lowest BCUT2D eigenvalue weighted by atomic mass is 10.2. The van der Waals surface area contributed by atoms with Gasteiger partial charge in [0.15, 0.2) is 5.16 Å². The minimum absolute atomic E-state index is 0.0909. The van der Waals surface area contributed by atoms with Crippen molar-refractivity contribution in [3.63, 3.8) is 0 Å². The minimum atomic E-state index is -0.302. The van der Waals surface area contributed by atoms with Crippen molar-refractivity contribution >= 4 is 62.4 Å². The lowest BCUT2D eigenvalue weighted by molar-refractivity contribution is 0.626. The van der Waals surface area contributed by atoms with Gasteiger partial charge < -0.3 is 5.32 Å². The van der Waals surface area contributed by atoms with Gasteiger partial charge in [-0.15, -0.1) is 16.8 Å². The fourth-order valence-corrected chi connectivity index (χ4v) is 4.06. The number of hydrogen-bond donors (Lipinski definition) is 1. The molecule has 0 aliphatic heterocycles. The average molecular weight is 498 g/mol.